The van der Waals surface area contributed by atoms with Gasteiger partial charge in [-0.05, 0) is 38.0 Å². The van der Waals surface area contributed by atoms with Gasteiger partial charge in [0.05, 0.1) is 20.3 Å². The molecule has 0 heterocycles. The van der Waals surface area contributed by atoms with Crippen molar-refractivity contribution in [3.8, 4) is 5.75 Å². The van der Waals surface area contributed by atoms with Gasteiger partial charge in [0.1, 0.15) is 5.75 Å². The van der Waals surface area contributed by atoms with Crippen molar-refractivity contribution >= 4 is 5.97 Å². The second-order valence-corrected chi connectivity index (χ2v) is 4.80. The van der Waals surface area contributed by atoms with Crippen molar-refractivity contribution in [1.29, 1.82) is 0 Å². The summed E-state index contributed by atoms with van der Waals surface area (Å²) in [7, 11) is 1.65. The molecule has 0 radical (unpaired) electrons. The molecular weight excluding hydrogens is 266 g/mol. The summed E-state index contributed by atoms with van der Waals surface area (Å²) in [5.41, 5.74) is 1.14. The SMILES string of the molecule is C=CCCN(CC(=O)OCC)[C@H](C)c1ccc(OC)cc1. The van der Waals surface area contributed by atoms with Gasteiger partial charge in [-0.15, -0.1) is 6.58 Å². The number of rotatable bonds is 9. The van der Waals surface area contributed by atoms with Gasteiger partial charge in [-0.2, -0.15) is 0 Å². The molecule has 1 rings (SSSR count). The minimum atomic E-state index is -0.193. The fourth-order valence-corrected chi connectivity index (χ4v) is 2.13. The Labute approximate surface area is 127 Å². The number of hydrogen-bond acceptors (Lipinski definition) is 4. The Balaban J connectivity index is 2.78. The van der Waals surface area contributed by atoms with Gasteiger partial charge < -0.3 is 9.47 Å². The van der Waals surface area contributed by atoms with E-state index in [1.165, 1.54) is 0 Å². The van der Waals surface area contributed by atoms with Gasteiger partial charge in [0.25, 0.3) is 0 Å². The number of ether oxygens (including phenoxy) is 2. The maximum Gasteiger partial charge on any atom is 0.320 e. The number of nitrogens with zero attached hydrogens (tertiary/aromatic N) is 1. The second-order valence-electron chi connectivity index (χ2n) is 4.80. The Morgan fingerprint density at radius 2 is 2.05 bits per heavy atom. The van der Waals surface area contributed by atoms with Crippen molar-refractivity contribution in [2.75, 3.05) is 26.8 Å². The molecule has 0 aliphatic rings. The standard InChI is InChI=1S/C17H25NO3/c1-5-7-12-18(13-17(19)21-6-2)14(3)15-8-10-16(20-4)11-9-15/h5,8-11,14H,1,6-7,12-13H2,2-4H3/t14-/m1/s1. The van der Waals surface area contributed by atoms with Gasteiger partial charge in [0.2, 0.25) is 0 Å². The first kappa shape index (κ1) is 17.2. The van der Waals surface area contributed by atoms with Gasteiger partial charge in [-0.25, -0.2) is 0 Å². The molecule has 0 bridgehead atoms. The maximum absolute atomic E-state index is 11.7. The van der Waals surface area contributed by atoms with Crippen molar-refractivity contribution in [2.24, 2.45) is 0 Å². The zero-order valence-corrected chi connectivity index (χ0v) is 13.2. The topological polar surface area (TPSA) is 38.8 Å². The molecule has 1 aromatic rings. The third-order valence-corrected chi connectivity index (χ3v) is 3.40. The molecule has 0 unspecified atom stereocenters. The van der Waals surface area contributed by atoms with Crippen molar-refractivity contribution in [1.82, 2.24) is 4.90 Å². The Bertz CT molecular complexity index is 442. The number of hydrogen-bond donors (Lipinski definition) is 0. The molecular formula is C17H25NO3. The number of benzene rings is 1. The Morgan fingerprint density at radius 1 is 1.38 bits per heavy atom. The van der Waals surface area contributed by atoms with E-state index in [9.17, 15) is 4.79 Å². The van der Waals surface area contributed by atoms with E-state index >= 15 is 0 Å². The summed E-state index contributed by atoms with van der Waals surface area (Å²) in [5.74, 6) is 0.635. The summed E-state index contributed by atoms with van der Waals surface area (Å²) in [4.78, 5) is 13.8. The molecule has 0 aromatic heterocycles. The van der Waals surface area contributed by atoms with E-state index in [1.54, 1.807) is 7.11 Å². The van der Waals surface area contributed by atoms with Gasteiger partial charge >= 0.3 is 5.97 Å². The first-order valence-corrected chi connectivity index (χ1v) is 7.26. The van der Waals surface area contributed by atoms with Crippen molar-refractivity contribution in [3.05, 3.63) is 42.5 Å². The lowest BCUT2D eigenvalue weighted by Crippen LogP contribution is -2.34. The summed E-state index contributed by atoms with van der Waals surface area (Å²) in [5, 5.41) is 0. The molecule has 4 heteroatoms. The van der Waals surface area contributed by atoms with Gasteiger partial charge in [-0.1, -0.05) is 18.2 Å². The van der Waals surface area contributed by atoms with E-state index in [0.717, 1.165) is 24.3 Å². The van der Waals surface area contributed by atoms with Crippen molar-refractivity contribution in [3.63, 3.8) is 0 Å². The fourth-order valence-electron chi connectivity index (χ4n) is 2.13. The molecule has 0 amide bonds. The lowest BCUT2D eigenvalue weighted by atomic mass is 10.1. The van der Waals surface area contributed by atoms with Crippen LogP contribution >= 0.6 is 0 Å². The van der Waals surface area contributed by atoms with Crippen molar-refractivity contribution < 1.29 is 14.3 Å². The second kappa shape index (κ2) is 9.19. The largest absolute Gasteiger partial charge is 0.497 e. The van der Waals surface area contributed by atoms with Crippen LogP contribution in [0.2, 0.25) is 0 Å². The Kier molecular flexibility index (Phi) is 7.54. The highest BCUT2D eigenvalue weighted by Gasteiger charge is 2.18. The van der Waals surface area contributed by atoms with Crippen LogP contribution in [-0.4, -0.2) is 37.7 Å². The molecule has 0 aliphatic heterocycles. The first-order chi connectivity index (χ1) is 10.1. The van der Waals surface area contributed by atoms with Crippen LogP contribution in [0.15, 0.2) is 36.9 Å². The number of methoxy groups -OCH3 is 1. The number of carbonyl (C=O) groups is 1. The molecule has 0 saturated heterocycles. The summed E-state index contributed by atoms with van der Waals surface area (Å²) in [6.45, 7) is 9.12. The monoisotopic (exact) mass is 291 g/mol. The molecule has 0 saturated carbocycles. The predicted octanol–water partition coefficient (Wildman–Crippen LogP) is 3.20. The average molecular weight is 291 g/mol. The molecule has 21 heavy (non-hydrogen) atoms. The van der Waals surface area contributed by atoms with Crippen LogP contribution in [-0.2, 0) is 9.53 Å². The van der Waals surface area contributed by atoms with Gasteiger partial charge in [-0.3, -0.25) is 9.69 Å². The highest BCUT2D eigenvalue weighted by atomic mass is 16.5. The minimum Gasteiger partial charge on any atom is -0.497 e. The molecule has 116 valence electrons. The third kappa shape index (κ3) is 5.60. The van der Waals surface area contributed by atoms with Crippen LogP contribution in [0, 0.1) is 0 Å². The predicted molar refractivity (Wildman–Crippen MR) is 84.4 cm³/mol. The lowest BCUT2D eigenvalue weighted by Gasteiger charge is -2.28. The Morgan fingerprint density at radius 3 is 2.57 bits per heavy atom. The van der Waals surface area contributed by atoms with Crippen LogP contribution in [0.3, 0.4) is 0 Å². The van der Waals surface area contributed by atoms with Crippen molar-refractivity contribution in [2.45, 2.75) is 26.3 Å². The summed E-state index contributed by atoms with van der Waals surface area (Å²) >= 11 is 0. The fraction of sp³-hybridized carbons (Fsp3) is 0.471. The zero-order valence-electron chi connectivity index (χ0n) is 13.2. The van der Waals surface area contributed by atoms with E-state index in [2.05, 4.69) is 18.4 Å². The molecule has 0 N–H and O–H groups in total. The maximum atomic E-state index is 11.7. The molecule has 1 aromatic carbocycles. The summed E-state index contributed by atoms with van der Waals surface area (Å²) in [6, 6.07) is 8.04. The summed E-state index contributed by atoms with van der Waals surface area (Å²) in [6.07, 6.45) is 2.69. The van der Waals surface area contributed by atoms with Crippen LogP contribution in [0.5, 0.6) is 5.75 Å². The third-order valence-electron chi connectivity index (χ3n) is 3.40. The molecule has 0 spiro atoms. The highest BCUT2D eigenvalue weighted by Crippen LogP contribution is 2.23. The van der Waals surface area contributed by atoms with E-state index in [4.69, 9.17) is 9.47 Å². The molecule has 4 nitrogen and oxygen atoms in total. The quantitative estimate of drug-likeness (QED) is 0.517. The van der Waals surface area contributed by atoms with Gasteiger partial charge in [0, 0.05) is 12.6 Å². The number of esters is 1. The minimum absolute atomic E-state index is 0.125. The smallest absolute Gasteiger partial charge is 0.320 e. The Hall–Kier alpha value is -1.81. The van der Waals surface area contributed by atoms with Crippen LogP contribution in [0.25, 0.3) is 0 Å². The summed E-state index contributed by atoms with van der Waals surface area (Å²) < 4.78 is 10.2. The molecule has 0 fully saturated rings. The number of carbonyl (C=O) groups excluding carboxylic acids is 1. The van der Waals surface area contributed by atoms with E-state index in [-0.39, 0.29) is 18.6 Å². The molecule has 1 atom stereocenters. The normalized spacial score (nSPS) is 12.0. The van der Waals surface area contributed by atoms with E-state index < -0.39 is 0 Å². The highest BCUT2D eigenvalue weighted by molar-refractivity contribution is 5.71. The van der Waals surface area contributed by atoms with E-state index in [0.29, 0.717) is 6.61 Å². The van der Waals surface area contributed by atoms with Gasteiger partial charge in [0.15, 0.2) is 0 Å². The van der Waals surface area contributed by atoms with Crippen LogP contribution < -0.4 is 4.74 Å². The lowest BCUT2D eigenvalue weighted by molar-refractivity contribution is -0.145. The molecule has 0 aliphatic carbocycles. The van der Waals surface area contributed by atoms with E-state index in [1.807, 2.05) is 37.3 Å². The van der Waals surface area contributed by atoms with Crippen LogP contribution in [0.1, 0.15) is 31.9 Å². The first-order valence-electron chi connectivity index (χ1n) is 7.26. The average Bonchev–Trinajstić information content (AvgIpc) is 2.51. The zero-order chi connectivity index (χ0) is 15.7. The van der Waals surface area contributed by atoms with Crippen LogP contribution in [0.4, 0.5) is 0 Å².